The zero-order valence-corrected chi connectivity index (χ0v) is 13.2. The van der Waals surface area contributed by atoms with Crippen molar-refractivity contribution in [2.45, 2.75) is 30.9 Å². The summed E-state index contributed by atoms with van der Waals surface area (Å²) in [7, 11) is 0. The van der Waals surface area contributed by atoms with Crippen molar-refractivity contribution in [2.24, 2.45) is 5.92 Å². The van der Waals surface area contributed by atoms with Crippen LogP contribution in [0.2, 0.25) is 0 Å². The zero-order valence-electron chi connectivity index (χ0n) is 10.3. The molecule has 0 fully saturated rings. The molecular formula is C13H17ClINO. The number of carbonyl (C=O) groups is 1. The average molecular weight is 366 g/mol. The molecule has 0 saturated heterocycles. The first-order valence-corrected chi connectivity index (χ1v) is 7.01. The van der Waals surface area contributed by atoms with Crippen LogP contribution in [0.5, 0.6) is 0 Å². The van der Waals surface area contributed by atoms with Gasteiger partial charge in [0.25, 0.3) is 0 Å². The van der Waals surface area contributed by atoms with Crippen LogP contribution in [0.4, 0.5) is 4.79 Å². The number of amides is 1. The van der Waals surface area contributed by atoms with Crippen LogP contribution in [0, 0.1) is 5.92 Å². The number of alkyl halides is 1. The molecule has 1 rings (SSSR count). The number of halogens is 2. The molecule has 94 valence electrons. The van der Waals surface area contributed by atoms with Gasteiger partial charge in [0.2, 0.25) is 0 Å². The highest BCUT2D eigenvalue weighted by Gasteiger charge is 2.34. The van der Waals surface area contributed by atoms with E-state index in [1.54, 1.807) is 4.90 Å². The highest BCUT2D eigenvalue weighted by Crippen LogP contribution is 2.34. The SMILES string of the molecule is CC(C)C(C)(I)N(Cc1ccccc1)C(=O)Cl. The van der Waals surface area contributed by atoms with Gasteiger partial charge in [-0.05, 0) is 30.0 Å². The Hall–Kier alpha value is -0.290. The van der Waals surface area contributed by atoms with E-state index in [4.69, 9.17) is 11.6 Å². The lowest BCUT2D eigenvalue weighted by Gasteiger charge is -2.38. The third kappa shape index (κ3) is 3.85. The highest BCUT2D eigenvalue weighted by atomic mass is 127. The van der Waals surface area contributed by atoms with Gasteiger partial charge in [0, 0.05) is 6.54 Å². The number of rotatable bonds is 4. The molecule has 1 aromatic carbocycles. The van der Waals surface area contributed by atoms with E-state index < -0.39 is 5.37 Å². The second-order valence-electron chi connectivity index (χ2n) is 4.50. The third-order valence-electron chi connectivity index (χ3n) is 2.98. The largest absolute Gasteiger partial charge is 0.317 e. The standard InChI is InChI=1S/C13H17ClINO/c1-10(2)13(3,15)16(12(14)17)9-11-7-5-4-6-8-11/h4-8,10H,9H2,1-3H3. The summed E-state index contributed by atoms with van der Waals surface area (Å²) in [6.07, 6.45) is 0. The molecular weight excluding hydrogens is 349 g/mol. The smallest absolute Gasteiger partial charge is 0.310 e. The Morgan fingerprint density at radius 3 is 2.35 bits per heavy atom. The summed E-state index contributed by atoms with van der Waals surface area (Å²) in [5.41, 5.74) is 1.09. The van der Waals surface area contributed by atoms with E-state index in [-0.39, 0.29) is 3.55 Å². The summed E-state index contributed by atoms with van der Waals surface area (Å²) < 4.78 is -0.285. The van der Waals surface area contributed by atoms with E-state index in [1.807, 2.05) is 37.3 Å². The molecule has 0 bridgehead atoms. The summed E-state index contributed by atoms with van der Waals surface area (Å²) in [5.74, 6) is 0.328. The van der Waals surface area contributed by atoms with Gasteiger partial charge in [-0.15, -0.1) is 0 Å². The minimum atomic E-state index is -0.403. The van der Waals surface area contributed by atoms with E-state index in [0.717, 1.165) is 5.56 Å². The van der Waals surface area contributed by atoms with Crippen molar-refractivity contribution in [3.05, 3.63) is 35.9 Å². The Morgan fingerprint density at radius 2 is 1.94 bits per heavy atom. The van der Waals surface area contributed by atoms with Crippen molar-refractivity contribution < 1.29 is 4.79 Å². The molecule has 0 spiro atoms. The fourth-order valence-electron chi connectivity index (χ4n) is 1.47. The predicted molar refractivity (Wildman–Crippen MR) is 80.5 cm³/mol. The van der Waals surface area contributed by atoms with Crippen LogP contribution in [0.1, 0.15) is 26.3 Å². The molecule has 4 heteroatoms. The maximum absolute atomic E-state index is 11.6. The van der Waals surface area contributed by atoms with E-state index in [2.05, 4.69) is 36.4 Å². The monoisotopic (exact) mass is 365 g/mol. The second kappa shape index (κ2) is 6.05. The van der Waals surface area contributed by atoms with Crippen LogP contribution < -0.4 is 0 Å². The van der Waals surface area contributed by atoms with E-state index >= 15 is 0 Å². The average Bonchev–Trinajstić information content (AvgIpc) is 2.26. The molecule has 0 heterocycles. The molecule has 0 N–H and O–H groups in total. The lowest BCUT2D eigenvalue weighted by molar-refractivity contribution is 0.171. The Morgan fingerprint density at radius 1 is 1.41 bits per heavy atom. The van der Waals surface area contributed by atoms with Crippen LogP contribution in [0.15, 0.2) is 30.3 Å². The maximum atomic E-state index is 11.6. The topological polar surface area (TPSA) is 20.3 Å². The molecule has 0 saturated carbocycles. The summed E-state index contributed by atoms with van der Waals surface area (Å²) in [5, 5.41) is -0.403. The first-order chi connectivity index (χ1) is 7.85. The molecule has 0 aliphatic heterocycles. The van der Waals surface area contributed by atoms with Gasteiger partial charge in [-0.3, -0.25) is 4.79 Å². The molecule has 0 aromatic heterocycles. The normalized spacial score (nSPS) is 14.5. The van der Waals surface area contributed by atoms with Crippen molar-refractivity contribution in [3.63, 3.8) is 0 Å². The Bertz CT molecular complexity index is 378. The molecule has 17 heavy (non-hydrogen) atoms. The highest BCUT2D eigenvalue weighted by molar-refractivity contribution is 14.1. The van der Waals surface area contributed by atoms with Crippen LogP contribution in [0.25, 0.3) is 0 Å². The fourth-order valence-corrected chi connectivity index (χ4v) is 2.23. The minimum Gasteiger partial charge on any atom is -0.310 e. The Kier molecular flexibility index (Phi) is 5.25. The number of hydrogen-bond acceptors (Lipinski definition) is 1. The summed E-state index contributed by atoms with van der Waals surface area (Å²) in [6.45, 7) is 6.75. The zero-order chi connectivity index (χ0) is 13.1. The third-order valence-corrected chi connectivity index (χ3v) is 5.01. The first-order valence-electron chi connectivity index (χ1n) is 5.55. The number of benzene rings is 1. The van der Waals surface area contributed by atoms with E-state index in [9.17, 15) is 4.79 Å². The molecule has 1 aromatic rings. The van der Waals surface area contributed by atoms with Crippen molar-refractivity contribution in [1.82, 2.24) is 4.90 Å². The molecule has 1 unspecified atom stereocenters. The van der Waals surface area contributed by atoms with Crippen LogP contribution in [-0.4, -0.2) is 13.8 Å². The molecule has 0 aliphatic carbocycles. The quantitative estimate of drug-likeness (QED) is 0.329. The van der Waals surface area contributed by atoms with Crippen molar-refractivity contribution >= 4 is 39.6 Å². The van der Waals surface area contributed by atoms with Crippen molar-refractivity contribution in [2.75, 3.05) is 0 Å². The minimum absolute atomic E-state index is 0.285. The van der Waals surface area contributed by atoms with Crippen molar-refractivity contribution in [3.8, 4) is 0 Å². The number of hydrogen-bond donors (Lipinski definition) is 0. The summed E-state index contributed by atoms with van der Waals surface area (Å²) >= 11 is 7.99. The summed E-state index contributed by atoms with van der Waals surface area (Å²) in [4.78, 5) is 13.3. The second-order valence-corrected chi connectivity index (χ2v) is 7.01. The lowest BCUT2D eigenvalue weighted by Crippen LogP contribution is -2.46. The predicted octanol–water partition coefficient (Wildman–Crippen LogP) is 4.65. The van der Waals surface area contributed by atoms with Crippen molar-refractivity contribution in [1.29, 1.82) is 0 Å². The van der Waals surface area contributed by atoms with Gasteiger partial charge in [-0.25, -0.2) is 0 Å². The fraction of sp³-hybridized carbons (Fsp3) is 0.462. The van der Waals surface area contributed by atoms with E-state index in [0.29, 0.717) is 12.5 Å². The van der Waals surface area contributed by atoms with Gasteiger partial charge in [0.15, 0.2) is 0 Å². The van der Waals surface area contributed by atoms with Crippen LogP contribution in [-0.2, 0) is 6.54 Å². The van der Waals surface area contributed by atoms with Gasteiger partial charge < -0.3 is 4.90 Å². The number of nitrogens with zero attached hydrogens (tertiary/aromatic N) is 1. The molecule has 2 nitrogen and oxygen atoms in total. The van der Waals surface area contributed by atoms with Gasteiger partial charge in [0.05, 0.1) is 3.55 Å². The number of carbonyl (C=O) groups excluding carboxylic acids is 1. The Balaban J connectivity index is 2.92. The van der Waals surface area contributed by atoms with E-state index in [1.165, 1.54) is 0 Å². The van der Waals surface area contributed by atoms with Gasteiger partial charge in [-0.1, -0.05) is 66.8 Å². The van der Waals surface area contributed by atoms with Gasteiger partial charge in [-0.2, -0.15) is 0 Å². The lowest BCUT2D eigenvalue weighted by atomic mass is 10.0. The first kappa shape index (κ1) is 14.8. The maximum Gasteiger partial charge on any atom is 0.317 e. The molecule has 0 aliphatic rings. The van der Waals surface area contributed by atoms with Crippen LogP contribution >= 0.6 is 34.2 Å². The van der Waals surface area contributed by atoms with Gasteiger partial charge >= 0.3 is 5.37 Å². The molecule has 0 radical (unpaired) electrons. The Labute approximate surface area is 121 Å². The summed E-state index contributed by atoms with van der Waals surface area (Å²) in [6, 6.07) is 9.89. The molecule has 1 atom stereocenters. The van der Waals surface area contributed by atoms with Crippen LogP contribution in [0.3, 0.4) is 0 Å². The van der Waals surface area contributed by atoms with Gasteiger partial charge in [0.1, 0.15) is 0 Å². The molecule has 1 amide bonds.